The first kappa shape index (κ1) is 14.0. The maximum atomic E-state index is 6.09. The third kappa shape index (κ3) is 2.98. The van der Waals surface area contributed by atoms with Crippen LogP contribution in [0.3, 0.4) is 0 Å². The Morgan fingerprint density at radius 3 is 2.56 bits per heavy atom. The van der Waals surface area contributed by atoms with Crippen molar-refractivity contribution < 1.29 is 9.47 Å². The van der Waals surface area contributed by atoms with Crippen LogP contribution < -0.4 is 0 Å². The fourth-order valence-corrected chi connectivity index (χ4v) is 2.63. The van der Waals surface area contributed by atoms with Gasteiger partial charge in [0.2, 0.25) is 0 Å². The van der Waals surface area contributed by atoms with E-state index in [1.54, 1.807) is 0 Å². The summed E-state index contributed by atoms with van der Waals surface area (Å²) in [5.74, 6) is 1.21. The second-order valence-electron chi connectivity index (χ2n) is 5.72. The molecule has 1 fully saturated rings. The molecule has 0 saturated carbocycles. The molecule has 0 bridgehead atoms. The molecule has 16 heavy (non-hydrogen) atoms. The second kappa shape index (κ2) is 5.50. The smallest absolute Gasteiger partial charge is 0.0725 e. The van der Waals surface area contributed by atoms with Gasteiger partial charge in [0.05, 0.1) is 17.8 Å². The molecule has 1 heterocycles. The molecule has 0 spiro atoms. The second-order valence-corrected chi connectivity index (χ2v) is 5.72. The van der Waals surface area contributed by atoms with Crippen LogP contribution in [0.1, 0.15) is 53.9 Å². The van der Waals surface area contributed by atoms with Crippen molar-refractivity contribution in [3.05, 3.63) is 0 Å². The molecule has 1 aliphatic heterocycles. The summed E-state index contributed by atoms with van der Waals surface area (Å²) in [7, 11) is 1.83. The molecule has 0 N–H and O–H groups in total. The van der Waals surface area contributed by atoms with Crippen molar-refractivity contribution in [2.75, 3.05) is 7.11 Å². The molecular weight excluding hydrogens is 200 g/mol. The maximum absolute atomic E-state index is 6.09. The molecule has 0 aromatic rings. The van der Waals surface area contributed by atoms with Gasteiger partial charge >= 0.3 is 0 Å². The van der Waals surface area contributed by atoms with Crippen LogP contribution in [0.4, 0.5) is 0 Å². The zero-order valence-electron chi connectivity index (χ0n) is 11.7. The predicted molar refractivity (Wildman–Crippen MR) is 67.6 cm³/mol. The minimum absolute atomic E-state index is 0.0181. The van der Waals surface area contributed by atoms with Gasteiger partial charge in [-0.15, -0.1) is 0 Å². The molecule has 0 radical (unpaired) electrons. The van der Waals surface area contributed by atoms with E-state index in [4.69, 9.17) is 9.47 Å². The number of hydrogen-bond acceptors (Lipinski definition) is 2. The average molecular weight is 228 g/mol. The first-order valence-corrected chi connectivity index (χ1v) is 6.63. The van der Waals surface area contributed by atoms with Crippen LogP contribution in [0, 0.1) is 11.8 Å². The fourth-order valence-electron chi connectivity index (χ4n) is 2.63. The van der Waals surface area contributed by atoms with Gasteiger partial charge in [0.1, 0.15) is 0 Å². The van der Waals surface area contributed by atoms with Gasteiger partial charge in [0.15, 0.2) is 0 Å². The molecule has 0 aromatic heterocycles. The van der Waals surface area contributed by atoms with Crippen molar-refractivity contribution in [1.82, 2.24) is 0 Å². The molecule has 2 heteroatoms. The predicted octanol–water partition coefficient (Wildman–Crippen LogP) is 3.64. The molecule has 5 atom stereocenters. The minimum Gasteiger partial charge on any atom is -0.378 e. The van der Waals surface area contributed by atoms with Crippen LogP contribution in [0.5, 0.6) is 0 Å². The minimum atomic E-state index is -0.0181. The van der Waals surface area contributed by atoms with Crippen molar-refractivity contribution in [3.63, 3.8) is 0 Å². The van der Waals surface area contributed by atoms with Crippen LogP contribution in [-0.4, -0.2) is 24.9 Å². The quantitative estimate of drug-likeness (QED) is 0.731. The molecule has 5 unspecified atom stereocenters. The Kier molecular flexibility index (Phi) is 4.81. The first-order valence-electron chi connectivity index (χ1n) is 6.63. The summed E-state index contributed by atoms with van der Waals surface area (Å²) in [6.07, 6.45) is 4.08. The summed E-state index contributed by atoms with van der Waals surface area (Å²) in [5, 5.41) is 0. The highest BCUT2D eigenvalue weighted by atomic mass is 16.5. The van der Waals surface area contributed by atoms with Crippen molar-refractivity contribution in [2.45, 2.75) is 71.7 Å². The third-order valence-electron chi connectivity index (χ3n) is 4.54. The Hall–Kier alpha value is -0.0800. The Bertz CT molecular complexity index is 215. The van der Waals surface area contributed by atoms with E-state index in [0.717, 1.165) is 18.8 Å². The van der Waals surface area contributed by atoms with E-state index in [2.05, 4.69) is 34.6 Å². The van der Waals surface area contributed by atoms with Gasteiger partial charge in [-0.25, -0.2) is 0 Å². The summed E-state index contributed by atoms with van der Waals surface area (Å²) in [5.41, 5.74) is -0.0181. The van der Waals surface area contributed by atoms with Gasteiger partial charge in [-0.2, -0.15) is 0 Å². The van der Waals surface area contributed by atoms with E-state index in [1.165, 1.54) is 6.42 Å². The number of rotatable bonds is 4. The number of methoxy groups -OCH3 is 1. The lowest BCUT2D eigenvalue weighted by atomic mass is 9.78. The van der Waals surface area contributed by atoms with Crippen molar-refractivity contribution in [3.8, 4) is 0 Å². The Morgan fingerprint density at radius 1 is 1.44 bits per heavy atom. The summed E-state index contributed by atoms with van der Waals surface area (Å²) < 4.78 is 11.8. The summed E-state index contributed by atoms with van der Waals surface area (Å²) in [6, 6.07) is 0. The van der Waals surface area contributed by atoms with Crippen LogP contribution in [-0.2, 0) is 9.47 Å². The SMILES string of the molecule is CCC(C)CC1CC(C)(OC)C(C)C(C)O1. The van der Waals surface area contributed by atoms with E-state index in [9.17, 15) is 0 Å². The van der Waals surface area contributed by atoms with Gasteiger partial charge in [0, 0.05) is 19.4 Å². The van der Waals surface area contributed by atoms with Gasteiger partial charge in [0.25, 0.3) is 0 Å². The number of hydrogen-bond donors (Lipinski definition) is 0. The molecule has 96 valence electrons. The first-order chi connectivity index (χ1) is 7.42. The van der Waals surface area contributed by atoms with Gasteiger partial charge in [-0.05, 0) is 26.2 Å². The molecule has 2 nitrogen and oxygen atoms in total. The standard InChI is InChI=1S/C14H28O2/c1-7-10(2)8-13-9-14(5,15-6)11(3)12(4)16-13/h10-13H,7-9H2,1-6H3. The van der Waals surface area contributed by atoms with Gasteiger partial charge in [-0.3, -0.25) is 0 Å². The van der Waals surface area contributed by atoms with Gasteiger partial charge < -0.3 is 9.47 Å². The topological polar surface area (TPSA) is 18.5 Å². The van der Waals surface area contributed by atoms with Crippen LogP contribution >= 0.6 is 0 Å². The van der Waals surface area contributed by atoms with Crippen molar-refractivity contribution in [1.29, 1.82) is 0 Å². The monoisotopic (exact) mass is 228 g/mol. The highest BCUT2D eigenvalue weighted by Crippen LogP contribution is 2.38. The average Bonchev–Trinajstić information content (AvgIpc) is 2.25. The Morgan fingerprint density at radius 2 is 2.06 bits per heavy atom. The third-order valence-corrected chi connectivity index (χ3v) is 4.54. The summed E-state index contributed by atoms with van der Waals surface area (Å²) in [4.78, 5) is 0. The van der Waals surface area contributed by atoms with Crippen LogP contribution in [0.2, 0.25) is 0 Å². The van der Waals surface area contributed by atoms with Gasteiger partial charge in [-0.1, -0.05) is 27.2 Å². The largest absolute Gasteiger partial charge is 0.378 e. The lowest BCUT2D eigenvalue weighted by molar-refractivity contribution is -0.184. The van der Waals surface area contributed by atoms with E-state index in [0.29, 0.717) is 18.1 Å². The van der Waals surface area contributed by atoms with E-state index < -0.39 is 0 Å². The number of ether oxygens (including phenoxy) is 2. The van der Waals surface area contributed by atoms with E-state index in [-0.39, 0.29) is 5.60 Å². The normalized spacial score (nSPS) is 42.0. The zero-order valence-corrected chi connectivity index (χ0v) is 11.7. The Labute approximate surface area is 101 Å². The van der Waals surface area contributed by atoms with E-state index >= 15 is 0 Å². The molecule has 0 aliphatic carbocycles. The molecule has 0 amide bonds. The fraction of sp³-hybridized carbons (Fsp3) is 1.00. The molecule has 0 aromatic carbocycles. The molecule has 1 saturated heterocycles. The van der Waals surface area contributed by atoms with Crippen LogP contribution in [0.25, 0.3) is 0 Å². The molecule has 1 rings (SSSR count). The van der Waals surface area contributed by atoms with Crippen LogP contribution in [0.15, 0.2) is 0 Å². The maximum Gasteiger partial charge on any atom is 0.0725 e. The van der Waals surface area contributed by atoms with E-state index in [1.807, 2.05) is 7.11 Å². The highest BCUT2D eigenvalue weighted by molar-refractivity contribution is 4.92. The molecule has 1 aliphatic rings. The highest BCUT2D eigenvalue weighted by Gasteiger charge is 2.42. The summed E-state index contributed by atoms with van der Waals surface area (Å²) in [6.45, 7) is 11.2. The Balaban J connectivity index is 2.64. The zero-order chi connectivity index (χ0) is 12.3. The van der Waals surface area contributed by atoms with Crippen molar-refractivity contribution >= 4 is 0 Å². The molecular formula is C14H28O2. The van der Waals surface area contributed by atoms with Crippen molar-refractivity contribution in [2.24, 2.45) is 11.8 Å². The lowest BCUT2D eigenvalue weighted by Crippen LogP contribution is -2.50. The summed E-state index contributed by atoms with van der Waals surface area (Å²) >= 11 is 0. The lowest BCUT2D eigenvalue weighted by Gasteiger charge is -2.46.